The van der Waals surface area contributed by atoms with Crippen LogP contribution in [0.5, 0.6) is 0 Å². The summed E-state index contributed by atoms with van der Waals surface area (Å²) in [6.45, 7) is 3.41. The number of hydrogen-bond donors (Lipinski definition) is 1. The average Bonchev–Trinajstić information content (AvgIpc) is 2.16. The second-order valence-electron chi connectivity index (χ2n) is 3.32. The van der Waals surface area contributed by atoms with Crippen LogP contribution in [0.1, 0.15) is 33.2 Å². The molecule has 80 valence electrons. The smallest absolute Gasteiger partial charge is 0.335 e. The number of hydrogen-bond acceptors (Lipinski definition) is 2. The van der Waals surface area contributed by atoms with Gasteiger partial charge in [0.15, 0.2) is 5.78 Å². The Labute approximate surface area is 96.2 Å². The molecule has 0 saturated carbocycles. The van der Waals surface area contributed by atoms with Crippen molar-refractivity contribution in [3.63, 3.8) is 0 Å². The Bertz CT molecular complexity index is 410. The molecule has 0 spiro atoms. The molecule has 0 amide bonds. The lowest BCUT2D eigenvalue weighted by atomic mass is 10.0. The maximum Gasteiger partial charge on any atom is 0.335 e. The summed E-state index contributed by atoms with van der Waals surface area (Å²) in [7, 11) is 0. The molecule has 1 aromatic carbocycles. The lowest BCUT2D eigenvalue weighted by molar-refractivity contribution is 0.0696. The summed E-state index contributed by atoms with van der Waals surface area (Å²) in [6.07, 6.45) is 0. The fraction of sp³-hybridized carbons (Fsp3) is 0.273. The number of carboxylic acids is 1. The van der Waals surface area contributed by atoms with Gasteiger partial charge in [-0.2, -0.15) is 0 Å². The standard InChI is InChI=1S/C11H11BrO3/c1-6-3-4-8(10(13)7(2)12)5-9(6)11(14)15/h3-5,7H,1-2H3,(H,14,15). The van der Waals surface area contributed by atoms with Crippen LogP contribution in [0, 0.1) is 6.92 Å². The lowest BCUT2D eigenvalue weighted by Crippen LogP contribution is -2.11. The van der Waals surface area contributed by atoms with Crippen LogP contribution in [-0.4, -0.2) is 21.7 Å². The highest BCUT2D eigenvalue weighted by Gasteiger charge is 2.15. The second-order valence-corrected chi connectivity index (χ2v) is 4.69. The van der Waals surface area contributed by atoms with Crippen molar-refractivity contribution in [2.45, 2.75) is 18.7 Å². The topological polar surface area (TPSA) is 54.4 Å². The molecule has 3 nitrogen and oxygen atoms in total. The van der Waals surface area contributed by atoms with Crippen LogP contribution >= 0.6 is 15.9 Å². The number of halogens is 1. The minimum absolute atomic E-state index is 0.113. The molecule has 1 unspecified atom stereocenters. The summed E-state index contributed by atoms with van der Waals surface area (Å²) >= 11 is 3.16. The van der Waals surface area contributed by atoms with Gasteiger partial charge in [0.1, 0.15) is 0 Å². The number of aromatic carboxylic acids is 1. The Kier molecular flexibility index (Phi) is 3.63. The number of Topliss-reactive ketones (excluding diaryl/α,β-unsaturated/α-hetero) is 1. The molecule has 1 N–H and O–H groups in total. The van der Waals surface area contributed by atoms with Crippen LogP contribution in [0.15, 0.2) is 18.2 Å². The largest absolute Gasteiger partial charge is 0.478 e. The van der Waals surface area contributed by atoms with E-state index in [2.05, 4.69) is 15.9 Å². The van der Waals surface area contributed by atoms with Gasteiger partial charge in [0.25, 0.3) is 0 Å². The first-order chi connectivity index (χ1) is 6.93. The summed E-state index contributed by atoms with van der Waals surface area (Å²) in [5.41, 5.74) is 1.25. The van der Waals surface area contributed by atoms with Crippen molar-refractivity contribution in [2.75, 3.05) is 0 Å². The van der Waals surface area contributed by atoms with Crippen LogP contribution in [0.25, 0.3) is 0 Å². The fourth-order valence-electron chi connectivity index (χ4n) is 1.24. The zero-order valence-electron chi connectivity index (χ0n) is 8.45. The van der Waals surface area contributed by atoms with Gasteiger partial charge >= 0.3 is 5.97 Å². The Morgan fingerprint density at radius 2 is 2.00 bits per heavy atom. The number of carbonyl (C=O) groups excluding carboxylic acids is 1. The maximum absolute atomic E-state index is 11.6. The number of carboxylic acid groups (broad SMARTS) is 1. The van der Waals surface area contributed by atoms with Crippen LogP contribution < -0.4 is 0 Å². The molecular formula is C11H11BrO3. The van der Waals surface area contributed by atoms with E-state index >= 15 is 0 Å². The predicted octanol–water partition coefficient (Wildman–Crippen LogP) is 2.66. The fourth-order valence-corrected chi connectivity index (χ4v) is 1.50. The molecule has 0 fully saturated rings. The zero-order valence-corrected chi connectivity index (χ0v) is 10.0. The van der Waals surface area contributed by atoms with Crippen LogP contribution in [0.3, 0.4) is 0 Å². The molecule has 1 atom stereocenters. The van der Waals surface area contributed by atoms with Crippen LogP contribution in [0.2, 0.25) is 0 Å². The average molecular weight is 271 g/mol. The molecule has 0 saturated heterocycles. The Hall–Kier alpha value is -1.16. The van der Waals surface area contributed by atoms with E-state index in [4.69, 9.17) is 5.11 Å². The number of ketones is 1. The van der Waals surface area contributed by atoms with Gasteiger partial charge in [0.05, 0.1) is 10.4 Å². The van der Waals surface area contributed by atoms with Crippen molar-refractivity contribution in [3.8, 4) is 0 Å². The Morgan fingerprint density at radius 1 is 1.40 bits per heavy atom. The zero-order chi connectivity index (χ0) is 11.6. The van der Waals surface area contributed by atoms with Crippen molar-refractivity contribution in [3.05, 3.63) is 34.9 Å². The summed E-state index contributed by atoms with van der Waals surface area (Å²) in [4.78, 5) is 22.1. The molecule has 4 heteroatoms. The first kappa shape index (κ1) is 11.9. The summed E-state index contributed by atoms with van der Waals surface area (Å²) < 4.78 is 0. The van der Waals surface area contributed by atoms with Crippen LogP contribution in [-0.2, 0) is 0 Å². The highest BCUT2D eigenvalue weighted by atomic mass is 79.9. The van der Waals surface area contributed by atoms with E-state index in [1.807, 2.05) is 0 Å². The van der Waals surface area contributed by atoms with E-state index in [9.17, 15) is 9.59 Å². The third-order valence-electron chi connectivity index (χ3n) is 2.11. The molecule has 0 aliphatic rings. The van der Waals surface area contributed by atoms with E-state index in [1.165, 1.54) is 6.07 Å². The minimum atomic E-state index is -1.01. The number of rotatable bonds is 3. The Morgan fingerprint density at radius 3 is 2.47 bits per heavy atom. The maximum atomic E-state index is 11.6. The van der Waals surface area contributed by atoms with E-state index in [-0.39, 0.29) is 16.2 Å². The number of aryl methyl sites for hydroxylation is 1. The number of benzene rings is 1. The molecule has 0 aliphatic carbocycles. The van der Waals surface area contributed by atoms with Crippen molar-refractivity contribution < 1.29 is 14.7 Å². The van der Waals surface area contributed by atoms with Gasteiger partial charge in [-0.15, -0.1) is 0 Å². The molecule has 1 aromatic rings. The molecule has 15 heavy (non-hydrogen) atoms. The van der Waals surface area contributed by atoms with E-state index in [1.54, 1.807) is 26.0 Å². The molecule has 0 heterocycles. The van der Waals surface area contributed by atoms with Gasteiger partial charge in [0.2, 0.25) is 0 Å². The van der Waals surface area contributed by atoms with Crippen LogP contribution in [0.4, 0.5) is 0 Å². The van der Waals surface area contributed by atoms with E-state index in [0.29, 0.717) is 11.1 Å². The summed E-state index contributed by atoms with van der Waals surface area (Å²) in [6, 6.07) is 4.70. The first-order valence-corrected chi connectivity index (χ1v) is 5.37. The van der Waals surface area contributed by atoms with Crippen molar-refractivity contribution >= 4 is 27.7 Å². The third-order valence-corrected chi connectivity index (χ3v) is 2.53. The van der Waals surface area contributed by atoms with Crippen molar-refractivity contribution in [1.29, 1.82) is 0 Å². The second kappa shape index (κ2) is 4.57. The van der Waals surface area contributed by atoms with E-state index < -0.39 is 5.97 Å². The molecule has 1 rings (SSSR count). The molecule has 0 bridgehead atoms. The highest BCUT2D eigenvalue weighted by molar-refractivity contribution is 9.10. The minimum Gasteiger partial charge on any atom is -0.478 e. The Balaban J connectivity index is 3.19. The quantitative estimate of drug-likeness (QED) is 0.679. The van der Waals surface area contributed by atoms with Gasteiger partial charge in [-0.3, -0.25) is 4.79 Å². The number of alkyl halides is 1. The van der Waals surface area contributed by atoms with Crippen molar-refractivity contribution in [1.82, 2.24) is 0 Å². The molecule has 0 radical (unpaired) electrons. The summed E-state index contributed by atoms with van der Waals surface area (Å²) in [5.74, 6) is -1.12. The molecular weight excluding hydrogens is 260 g/mol. The molecule has 0 aliphatic heterocycles. The predicted molar refractivity (Wildman–Crippen MR) is 60.9 cm³/mol. The van der Waals surface area contributed by atoms with Crippen molar-refractivity contribution in [2.24, 2.45) is 0 Å². The first-order valence-electron chi connectivity index (χ1n) is 4.45. The van der Waals surface area contributed by atoms with Gasteiger partial charge < -0.3 is 5.11 Å². The monoisotopic (exact) mass is 270 g/mol. The van der Waals surface area contributed by atoms with E-state index in [0.717, 1.165) is 0 Å². The SMILES string of the molecule is Cc1ccc(C(=O)C(C)Br)cc1C(=O)O. The van der Waals surface area contributed by atoms with Gasteiger partial charge in [0, 0.05) is 5.56 Å². The highest BCUT2D eigenvalue weighted by Crippen LogP contribution is 2.15. The third kappa shape index (κ3) is 2.65. The molecule has 0 aromatic heterocycles. The number of carbonyl (C=O) groups is 2. The summed E-state index contributed by atoms with van der Waals surface area (Å²) in [5, 5.41) is 8.89. The lowest BCUT2D eigenvalue weighted by Gasteiger charge is -2.06. The van der Waals surface area contributed by atoms with Gasteiger partial charge in [-0.05, 0) is 25.5 Å². The van der Waals surface area contributed by atoms with Gasteiger partial charge in [-0.25, -0.2) is 4.79 Å². The van der Waals surface area contributed by atoms with Gasteiger partial charge in [-0.1, -0.05) is 28.1 Å². The normalized spacial score (nSPS) is 12.2.